The van der Waals surface area contributed by atoms with Crippen LogP contribution < -0.4 is 10.6 Å². The number of anilines is 2. The highest BCUT2D eigenvalue weighted by Gasteiger charge is 2.11. The van der Waals surface area contributed by atoms with Crippen molar-refractivity contribution in [3.8, 4) is 0 Å². The maximum atomic E-state index is 13.2. The van der Waals surface area contributed by atoms with Gasteiger partial charge in [-0.15, -0.1) is 0 Å². The highest BCUT2D eigenvalue weighted by Crippen LogP contribution is 2.29. The number of nitrogen functional groups attached to an aromatic ring is 1. The molecule has 102 valence electrons. The van der Waals surface area contributed by atoms with Crippen LogP contribution in [0.25, 0.3) is 0 Å². The number of hydrogen-bond acceptors (Lipinski definition) is 3. The Morgan fingerprint density at radius 1 is 1.28 bits per heavy atom. The van der Waals surface area contributed by atoms with E-state index in [1.54, 1.807) is 6.07 Å². The first-order chi connectivity index (χ1) is 8.45. The molecule has 0 aliphatic heterocycles. The molecule has 0 amide bonds. The van der Waals surface area contributed by atoms with E-state index in [1.807, 2.05) is 21.0 Å². The Bertz CT molecular complexity index is 396. The second kappa shape index (κ2) is 6.81. The van der Waals surface area contributed by atoms with Gasteiger partial charge in [-0.25, -0.2) is 4.39 Å². The normalized spacial score (nSPS) is 11.0. The molecule has 0 unspecified atom stereocenters. The van der Waals surface area contributed by atoms with Gasteiger partial charge < -0.3 is 15.5 Å². The Morgan fingerprint density at radius 3 is 2.50 bits per heavy atom. The van der Waals surface area contributed by atoms with E-state index in [2.05, 4.69) is 9.80 Å². The fourth-order valence-corrected chi connectivity index (χ4v) is 2.01. The maximum Gasteiger partial charge on any atom is 0.143 e. The third-order valence-electron chi connectivity index (χ3n) is 2.83. The average Bonchev–Trinajstić information content (AvgIpc) is 2.30. The summed E-state index contributed by atoms with van der Waals surface area (Å²) in [6.07, 6.45) is 1.02. The topological polar surface area (TPSA) is 32.5 Å². The van der Waals surface area contributed by atoms with Crippen molar-refractivity contribution in [3.63, 3.8) is 0 Å². The molecule has 2 N–H and O–H groups in total. The van der Waals surface area contributed by atoms with Crippen LogP contribution in [0.3, 0.4) is 0 Å². The lowest BCUT2D eigenvalue weighted by atomic mass is 10.2. The van der Waals surface area contributed by atoms with Gasteiger partial charge in [-0.05, 0) is 40.1 Å². The fraction of sp³-hybridized carbons (Fsp3) is 0.538. The zero-order valence-electron chi connectivity index (χ0n) is 11.2. The van der Waals surface area contributed by atoms with Gasteiger partial charge in [-0.1, -0.05) is 11.6 Å². The molecule has 1 rings (SSSR count). The summed E-state index contributed by atoms with van der Waals surface area (Å²) in [4.78, 5) is 4.25. The van der Waals surface area contributed by atoms with Crippen LogP contribution in [0.15, 0.2) is 12.1 Å². The number of rotatable bonds is 6. The highest BCUT2D eigenvalue weighted by atomic mass is 35.5. The van der Waals surface area contributed by atoms with Gasteiger partial charge in [0.15, 0.2) is 0 Å². The molecule has 0 heterocycles. The van der Waals surface area contributed by atoms with E-state index in [0.717, 1.165) is 31.7 Å². The molecule has 0 radical (unpaired) electrons. The molecule has 0 spiro atoms. The van der Waals surface area contributed by atoms with Crippen molar-refractivity contribution in [2.24, 2.45) is 0 Å². The predicted molar refractivity (Wildman–Crippen MR) is 76.9 cm³/mol. The minimum atomic E-state index is -0.470. The Balaban J connectivity index is 2.78. The minimum absolute atomic E-state index is 0.116. The van der Waals surface area contributed by atoms with Gasteiger partial charge >= 0.3 is 0 Å². The smallest absolute Gasteiger partial charge is 0.143 e. The first-order valence-electron chi connectivity index (χ1n) is 6.10. The van der Waals surface area contributed by atoms with Crippen LogP contribution in [0.2, 0.25) is 5.02 Å². The summed E-state index contributed by atoms with van der Waals surface area (Å²) in [7, 11) is 4.08. The monoisotopic (exact) mass is 273 g/mol. The van der Waals surface area contributed by atoms with Crippen LogP contribution in [0.1, 0.15) is 13.3 Å². The van der Waals surface area contributed by atoms with Crippen LogP contribution in [-0.2, 0) is 0 Å². The minimum Gasteiger partial charge on any atom is -0.397 e. The molecule has 1 aromatic carbocycles. The van der Waals surface area contributed by atoms with Gasteiger partial charge in [0.05, 0.1) is 16.4 Å². The molecule has 0 aliphatic carbocycles. The van der Waals surface area contributed by atoms with Gasteiger partial charge in [-0.3, -0.25) is 0 Å². The summed E-state index contributed by atoms with van der Waals surface area (Å²) in [6, 6.07) is 2.89. The molecule has 0 saturated carbocycles. The Labute approximate surface area is 113 Å². The summed E-state index contributed by atoms with van der Waals surface area (Å²) < 4.78 is 13.2. The molecular formula is C13H21ClFN3. The van der Waals surface area contributed by atoms with Crippen molar-refractivity contribution in [3.05, 3.63) is 23.0 Å². The van der Waals surface area contributed by atoms with Gasteiger partial charge in [0.25, 0.3) is 0 Å². The van der Waals surface area contributed by atoms with E-state index in [0.29, 0.717) is 5.69 Å². The quantitative estimate of drug-likeness (QED) is 0.809. The third kappa shape index (κ3) is 4.03. The van der Waals surface area contributed by atoms with E-state index in [9.17, 15) is 4.39 Å². The molecule has 1 aromatic rings. The molecule has 3 nitrogen and oxygen atoms in total. The molecule has 0 fully saturated rings. The Morgan fingerprint density at radius 2 is 1.94 bits per heavy atom. The zero-order valence-corrected chi connectivity index (χ0v) is 12.0. The number of nitrogens with zero attached hydrogens (tertiary/aromatic N) is 2. The van der Waals surface area contributed by atoms with Crippen molar-refractivity contribution in [2.45, 2.75) is 13.3 Å². The molecule has 0 aliphatic rings. The van der Waals surface area contributed by atoms with E-state index in [4.69, 9.17) is 17.3 Å². The fourth-order valence-electron chi connectivity index (χ4n) is 1.85. The van der Waals surface area contributed by atoms with E-state index in [-0.39, 0.29) is 5.02 Å². The van der Waals surface area contributed by atoms with Crippen LogP contribution in [0.4, 0.5) is 15.8 Å². The number of nitrogens with two attached hydrogens (primary N) is 1. The molecule has 0 atom stereocenters. The number of benzene rings is 1. The van der Waals surface area contributed by atoms with Crippen LogP contribution in [0, 0.1) is 5.82 Å². The van der Waals surface area contributed by atoms with Gasteiger partial charge in [0, 0.05) is 19.2 Å². The van der Waals surface area contributed by atoms with Gasteiger partial charge in [0.2, 0.25) is 0 Å². The van der Waals surface area contributed by atoms with Crippen molar-refractivity contribution in [1.29, 1.82) is 0 Å². The largest absolute Gasteiger partial charge is 0.397 e. The molecular weight excluding hydrogens is 253 g/mol. The van der Waals surface area contributed by atoms with E-state index >= 15 is 0 Å². The third-order valence-corrected chi connectivity index (χ3v) is 3.12. The summed E-state index contributed by atoms with van der Waals surface area (Å²) in [5.41, 5.74) is 7.09. The van der Waals surface area contributed by atoms with Gasteiger partial charge in [0.1, 0.15) is 5.82 Å². The lowest BCUT2D eigenvalue weighted by Gasteiger charge is -2.25. The predicted octanol–water partition coefficient (Wildman–Crippen LogP) is 2.84. The first kappa shape index (κ1) is 15.1. The van der Waals surface area contributed by atoms with E-state index in [1.165, 1.54) is 6.07 Å². The lowest BCUT2D eigenvalue weighted by Crippen LogP contribution is -2.27. The number of halogens is 2. The highest BCUT2D eigenvalue weighted by molar-refractivity contribution is 6.31. The zero-order chi connectivity index (χ0) is 13.7. The summed E-state index contributed by atoms with van der Waals surface area (Å²) in [6.45, 7) is 4.75. The average molecular weight is 274 g/mol. The van der Waals surface area contributed by atoms with Crippen LogP contribution >= 0.6 is 11.6 Å². The van der Waals surface area contributed by atoms with Crippen molar-refractivity contribution < 1.29 is 4.39 Å². The second-order valence-corrected chi connectivity index (χ2v) is 4.97. The summed E-state index contributed by atoms with van der Waals surface area (Å²) >= 11 is 5.81. The summed E-state index contributed by atoms with van der Waals surface area (Å²) in [5.74, 6) is -0.470. The van der Waals surface area contributed by atoms with Crippen molar-refractivity contribution in [2.75, 3.05) is 44.4 Å². The van der Waals surface area contributed by atoms with Crippen LogP contribution in [0.5, 0.6) is 0 Å². The molecule has 0 bridgehead atoms. The SMILES string of the molecule is CCN(CCCN(C)C)c1cc(Cl)c(F)cc1N. The molecule has 5 heteroatoms. The Kier molecular flexibility index (Phi) is 5.69. The van der Waals surface area contributed by atoms with Crippen molar-refractivity contribution in [1.82, 2.24) is 4.90 Å². The Hall–Kier alpha value is -1.00. The lowest BCUT2D eigenvalue weighted by molar-refractivity contribution is 0.400. The van der Waals surface area contributed by atoms with Gasteiger partial charge in [-0.2, -0.15) is 0 Å². The molecule has 0 saturated heterocycles. The molecule has 18 heavy (non-hydrogen) atoms. The van der Waals surface area contributed by atoms with Crippen LogP contribution in [-0.4, -0.2) is 38.6 Å². The maximum absolute atomic E-state index is 13.2. The standard InChI is InChI=1S/C13H21ClFN3/c1-4-18(7-5-6-17(2)3)13-8-10(14)11(15)9-12(13)16/h8-9H,4-7,16H2,1-3H3. The second-order valence-electron chi connectivity index (χ2n) is 4.56. The van der Waals surface area contributed by atoms with E-state index < -0.39 is 5.82 Å². The molecule has 0 aromatic heterocycles. The number of hydrogen-bond donors (Lipinski definition) is 1. The first-order valence-corrected chi connectivity index (χ1v) is 6.47. The van der Waals surface area contributed by atoms with Crippen molar-refractivity contribution >= 4 is 23.0 Å². The summed E-state index contributed by atoms with van der Waals surface area (Å²) in [5, 5.41) is 0.116.